The number of halogens is 19. The number of hydrogen-bond acceptors (Lipinski definition) is 3. The molecule has 71 heavy (non-hydrogen) atoms. The van der Waals surface area contributed by atoms with E-state index in [0.29, 0.717) is 10.9 Å². The summed E-state index contributed by atoms with van der Waals surface area (Å²) in [6.45, 7) is 22.7. The first-order valence-corrected chi connectivity index (χ1v) is 26.4. The van der Waals surface area contributed by atoms with Crippen LogP contribution in [0.5, 0.6) is 0 Å². The van der Waals surface area contributed by atoms with Gasteiger partial charge in [0.1, 0.15) is 11.5 Å². The Hall–Kier alpha value is -2.25. The Labute approximate surface area is 421 Å². The van der Waals surface area contributed by atoms with Crippen molar-refractivity contribution in [1.29, 1.82) is 0 Å². The molecule has 2 aliphatic heterocycles. The second-order valence-corrected chi connectivity index (χ2v) is 25.7. The fourth-order valence-electron chi connectivity index (χ4n) is 5.41. The number of ether oxygens (including phenoxy) is 2. The van der Waals surface area contributed by atoms with E-state index in [9.17, 15) is 79.0 Å². The molecular formula is C48H61F18IO2S2+2. The Morgan fingerprint density at radius 3 is 0.845 bits per heavy atom. The summed E-state index contributed by atoms with van der Waals surface area (Å²) in [5.41, 5.74) is 5.00. The highest BCUT2D eigenvalue weighted by atomic mass is 127. The molecule has 2 fully saturated rings. The second-order valence-electron chi connectivity index (χ2n) is 19.2. The van der Waals surface area contributed by atoms with Crippen LogP contribution in [0.4, 0.5) is 79.0 Å². The standard InChI is InChI=1S/C20H26I.C14H21OS.2C5H3F9.C4H8OS/c1-19(2,3)15-7-11-17(12-8-15)21-18-13-9-16(10-14-18)20(4,5)6;1-14(2,3)12-4-6-13(7-5-12)16-10-8-15-9-11-16;2*1-2(6,7)3(8,9)4(10,11)5(12,13)14;1-3-6-4-2-5-1/h7-14H,1-6H3;4-7H,8-11H2,1-3H3;2*1H3;1-4H2/q2*+1;;;. The molecule has 5 rings (SSSR count). The third kappa shape index (κ3) is 19.8. The molecule has 0 bridgehead atoms. The van der Waals surface area contributed by atoms with Gasteiger partial charge in [0.15, 0.2) is 12.0 Å². The van der Waals surface area contributed by atoms with Crippen LogP contribution in [0.15, 0.2) is 77.7 Å². The van der Waals surface area contributed by atoms with Crippen LogP contribution in [0.2, 0.25) is 0 Å². The minimum atomic E-state index is -6.77. The first kappa shape index (κ1) is 66.8. The zero-order valence-corrected chi connectivity index (χ0v) is 44.7. The van der Waals surface area contributed by atoms with Crippen molar-refractivity contribution in [1.82, 2.24) is 0 Å². The molecule has 23 heteroatoms. The quantitative estimate of drug-likeness (QED) is 0.133. The van der Waals surface area contributed by atoms with Gasteiger partial charge >= 0.3 is 69.1 Å². The van der Waals surface area contributed by atoms with Gasteiger partial charge in [0.25, 0.3) is 0 Å². The molecule has 0 aliphatic carbocycles. The van der Waals surface area contributed by atoms with Crippen molar-refractivity contribution in [3.8, 4) is 0 Å². The maximum absolute atomic E-state index is 12.0. The molecule has 2 heterocycles. The molecule has 0 unspecified atom stereocenters. The van der Waals surface area contributed by atoms with Crippen LogP contribution in [-0.2, 0) is 36.6 Å². The van der Waals surface area contributed by atoms with E-state index >= 15 is 0 Å². The number of alkyl halides is 18. The molecular weight excluding hydrogens is 1140 g/mol. The van der Waals surface area contributed by atoms with Gasteiger partial charge in [0.05, 0.1) is 26.4 Å². The summed E-state index contributed by atoms with van der Waals surface area (Å²) in [4.78, 5) is 1.51. The van der Waals surface area contributed by atoms with Crippen LogP contribution >= 0.6 is 11.8 Å². The predicted octanol–water partition coefficient (Wildman–Crippen LogP) is 13.1. The lowest BCUT2D eigenvalue weighted by Gasteiger charge is -2.31. The fourth-order valence-corrected chi connectivity index (χ4v) is 10.1. The van der Waals surface area contributed by atoms with E-state index in [0.717, 1.165) is 26.4 Å². The Morgan fingerprint density at radius 1 is 0.380 bits per heavy atom. The Kier molecular flexibility index (Phi) is 24.0. The van der Waals surface area contributed by atoms with Crippen LogP contribution < -0.4 is 21.2 Å². The van der Waals surface area contributed by atoms with Gasteiger partial charge in [0, 0.05) is 36.2 Å². The molecule has 3 aromatic rings. The highest BCUT2D eigenvalue weighted by Gasteiger charge is 2.81. The highest BCUT2D eigenvalue weighted by molar-refractivity contribution is 7.99. The van der Waals surface area contributed by atoms with Gasteiger partial charge in [-0.05, 0) is 69.3 Å². The van der Waals surface area contributed by atoms with Crippen molar-refractivity contribution in [2.75, 3.05) is 49.4 Å². The lowest BCUT2D eigenvalue weighted by molar-refractivity contribution is -0.597. The third-order valence-corrected chi connectivity index (χ3v) is 15.8. The van der Waals surface area contributed by atoms with Crippen LogP contribution in [0.1, 0.15) is 92.9 Å². The second kappa shape index (κ2) is 25.5. The summed E-state index contributed by atoms with van der Waals surface area (Å²) in [5, 5.41) is 0. The van der Waals surface area contributed by atoms with E-state index in [4.69, 9.17) is 9.47 Å². The average Bonchev–Trinajstić information content (AvgIpc) is 3.23. The molecule has 0 atom stereocenters. The van der Waals surface area contributed by atoms with Crippen LogP contribution in [0.3, 0.4) is 0 Å². The van der Waals surface area contributed by atoms with E-state index in [2.05, 4.69) is 135 Å². The van der Waals surface area contributed by atoms with E-state index in [1.807, 2.05) is 11.8 Å². The van der Waals surface area contributed by atoms with Gasteiger partial charge in [-0.25, -0.2) is 0 Å². The molecule has 0 N–H and O–H groups in total. The summed E-state index contributed by atoms with van der Waals surface area (Å²) in [7, 11) is 0.432. The van der Waals surface area contributed by atoms with E-state index < -0.39 is 61.7 Å². The SMILES string of the molecule is C1CSCCO1.CC(C)(C)c1ccc([I+]c2ccc(C(C)(C)C)cc2)cc1.CC(C)(C)c1ccc([S+]2CCOCC2)cc1.CC(F)(F)C(F)(F)C(F)(F)C(F)(F)F.CC(F)(F)C(F)(F)C(F)(F)C(F)(F)F. The molecule has 0 aromatic heterocycles. The monoisotopic (exact) mass is 1200 g/mol. The Morgan fingerprint density at radius 2 is 0.648 bits per heavy atom. The smallest absolute Gasteiger partial charge is 0.380 e. The van der Waals surface area contributed by atoms with Gasteiger partial charge in [-0.15, -0.1) is 0 Å². The van der Waals surface area contributed by atoms with Crippen molar-refractivity contribution < 1.29 is 110 Å². The topological polar surface area (TPSA) is 18.5 Å². The van der Waals surface area contributed by atoms with Crippen LogP contribution in [-0.4, -0.2) is 97.3 Å². The fraction of sp³-hybridized carbons (Fsp3) is 0.625. The molecule has 0 spiro atoms. The molecule has 0 amide bonds. The van der Waals surface area contributed by atoms with Crippen LogP contribution in [0, 0.1) is 7.14 Å². The van der Waals surface area contributed by atoms with E-state index in [-0.39, 0.29) is 37.5 Å². The molecule has 3 aromatic carbocycles. The number of rotatable bonds is 7. The van der Waals surface area contributed by atoms with E-state index in [1.165, 1.54) is 51.7 Å². The molecule has 2 nitrogen and oxygen atoms in total. The third-order valence-electron chi connectivity index (χ3n) is 9.99. The number of thioether (sulfide) groups is 1. The lowest BCUT2D eigenvalue weighted by Crippen LogP contribution is -3.61. The van der Waals surface area contributed by atoms with Gasteiger partial charge in [0.2, 0.25) is 0 Å². The maximum Gasteiger partial charge on any atom is 0.460 e. The van der Waals surface area contributed by atoms with Crippen LogP contribution in [0.25, 0.3) is 0 Å². The molecule has 2 saturated heterocycles. The summed E-state index contributed by atoms with van der Waals surface area (Å²) >= 11 is 1.90. The molecule has 0 radical (unpaired) electrons. The van der Waals surface area contributed by atoms with Crippen molar-refractivity contribution >= 4 is 22.7 Å². The van der Waals surface area contributed by atoms with Gasteiger partial charge in [-0.3, -0.25) is 0 Å². The molecule has 2 aliphatic rings. The minimum absolute atomic E-state index is 0.0703. The zero-order chi connectivity index (χ0) is 55.5. The van der Waals surface area contributed by atoms with Gasteiger partial charge in [-0.2, -0.15) is 90.8 Å². The predicted molar refractivity (Wildman–Crippen MR) is 240 cm³/mol. The summed E-state index contributed by atoms with van der Waals surface area (Å²) < 4.78 is 224. The lowest BCUT2D eigenvalue weighted by atomic mass is 9.87. The Balaban J connectivity index is 0.000000461. The minimum Gasteiger partial charge on any atom is -0.380 e. The number of benzene rings is 3. The molecule has 408 valence electrons. The maximum atomic E-state index is 12.0. The zero-order valence-electron chi connectivity index (χ0n) is 40.9. The summed E-state index contributed by atoms with van der Waals surface area (Å²) in [6, 6.07) is 27.6. The average molecular weight is 1200 g/mol. The van der Waals surface area contributed by atoms with Crippen molar-refractivity contribution in [2.24, 2.45) is 0 Å². The first-order chi connectivity index (χ1) is 31.7. The largest absolute Gasteiger partial charge is 0.460 e. The van der Waals surface area contributed by atoms with Crippen molar-refractivity contribution in [2.45, 2.75) is 145 Å². The first-order valence-electron chi connectivity index (χ1n) is 21.5. The van der Waals surface area contributed by atoms with Gasteiger partial charge in [-0.1, -0.05) is 98.7 Å². The number of hydrogen-bond donors (Lipinski definition) is 0. The normalized spacial score (nSPS) is 16.2. The Bertz CT molecular complexity index is 1840. The van der Waals surface area contributed by atoms with Crippen molar-refractivity contribution in [3.05, 3.63) is 96.6 Å². The summed E-state index contributed by atoms with van der Waals surface area (Å²) in [6.07, 6.45) is -13.5. The highest BCUT2D eigenvalue weighted by Crippen LogP contribution is 2.54. The van der Waals surface area contributed by atoms with Crippen molar-refractivity contribution in [3.63, 3.8) is 0 Å². The molecule has 0 saturated carbocycles. The summed E-state index contributed by atoms with van der Waals surface area (Å²) in [5.74, 6) is -32.6. The van der Waals surface area contributed by atoms with E-state index in [1.54, 1.807) is 0 Å². The van der Waals surface area contributed by atoms with Gasteiger partial charge < -0.3 is 9.47 Å².